The molecule has 0 radical (unpaired) electrons. The van der Waals surface area contributed by atoms with E-state index >= 15 is 0 Å². The zero-order valence-electron chi connectivity index (χ0n) is 12.9. The molecule has 0 spiro atoms. The molecule has 0 aliphatic rings. The van der Waals surface area contributed by atoms with E-state index in [4.69, 9.17) is 11.6 Å². The van der Waals surface area contributed by atoms with Crippen LogP contribution in [-0.4, -0.2) is 13.4 Å². The van der Waals surface area contributed by atoms with Crippen molar-refractivity contribution >= 4 is 33.0 Å². The minimum atomic E-state index is -3.62. The predicted octanol–water partition coefficient (Wildman–Crippen LogP) is 4.25. The first-order valence-corrected chi connectivity index (χ1v) is 9.99. The monoisotopic (exact) mass is 378 g/mol. The number of aromatic nitrogens is 1. The molecule has 0 aliphatic heterocycles. The predicted molar refractivity (Wildman–Crippen MR) is 97.8 cm³/mol. The van der Waals surface area contributed by atoms with Crippen LogP contribution in [0.5, 0.6) is 0 Å². The first-order valence-electron chi connectivity index (χ1n) is 7.19. The van der Waals surface area contributed by atoms with Crippen LogP contribution in [0.25, 0.3) is 11.3 Å². The number of aryl methyl sites for hydroxylation is 1. The molecular weight excluding hydrogens is 364 g/mol. The number of rotatable bonds is 5. The summed E-state index contributed by atoms with van der Waals surface area (Å²) in [6.07, 6.45) is 1.68. The van der Waals surface area contributed by atoms with Crippen LogP contribution < -0.4 is 4.72 Å². The van der Waals surface area contributed by atoms with E-state index in [1.807, 2.05) is 29.8 Å². The largest absolute Gasteiger partial charge is 0.256 e. The molecule has 2 heterocycles. The molecule has 1 N–H and O–H groups in total. The number of benzene rings is 1. The van der Waals surface area contributed by atoms with Gasteiger partial charge in [0.1, 0.15) is 0 Å². The maximum absolute atomic E-state index is 12.4. The zero-order chi connectivity index (χ0) is 17.2. The molecule has 24 heavy (non-hydrogen) atoms. The van der Waals surface area contributed by atoms with Crippen LogP contribution in [0, 0.1) is 6.92 Å². The Morgan fingerprint density at radius 1 is 1.21 bits per heavy atom. The zero-order valence-corrected chi connectivity index (χ0v) is 15.3. The van der Waals surface area contributed by atoms with Crippen LogP contribution in [-0.2, 0) is 16.6 Å². The summed E-state index contributed by atoms with van der Waals surface area (Å²) in [4.78, 5) is 4.48. The molecular formula is C17H15ClN2O2S2. The van der Waals surface area contributed by atoms with Crippen LogP contribution in [0.3, 0.4) is 0 Å². The number of thiophene rings is 1. The summed E-state index contributed by atoms with van der Waals surface area (Å²) >= 11 is 7.61. The second-order valence-electron chi connectivity index (χ2n) is 5.30. The molecule has 0 saturated carbocycles. The van der Waals surface area contributed by atoms with Crippen molar-refractivity contribution in [3.05, 3.63) is 69.5 Å². The molecule has 2 aromatic heterocycles. The molecule has 0 atom stereocenters. The Balaban J connectivity index is 1.77. The minimum Gasteiger partial charge on any atom is -0.256 e. The molecule has 7 heteroatoms. The Hall–Kier alpha value is -1.73. The normalized spacial score (nSPS) is 11.6. The topological polar surface area (TPSA) is 59.1 Å². The Morgan fingerprint density at radius 3 is 2.75 bits per heavy atom. The van der Waals surface area contributed by atoms with E-state index in [0.29, 0.717) is 5.02 Å². The Morgan fingerprint density at radius 2 is 2.04 bits per heavy atom. The second kappa shape index (κ2) is 7.03. The summed E-state index contributed by atoms with van der Waals surface area (Å²) in [6, 6.07) is 10.4. The van der Waals surface area contributed by atoms with Gasteiger partial charge in [0.05, 0.1) is 10.6 Å². The van der Waals surface area contributed by atoms with Crippen LogP contribution in [0.1, 0.15) is 11.1 Å². The summed E-state index contributed by atoms with van der Waals surface area (Å²) in [6.45, 7) is 2.02. The van der Waals surface area contributed by atoms with Gasteiger partial charge in [-0.25, -0.2) is 13.1 Å². The molecule has 4 nitrogen and oxygen atoms in total. The smallest absolute Gasteiger partial charge is 0.240 e. The van der Waals surface area contributed by atoms with Crippen LogP contribution in [0.4, 0.5) is 0 Å². The molecule has 0 unspecified atom stereocenters. The van der Waals surface area contributed by atoms with Crippen LogP contribution in [0.15, 0.2) is 58.3 Å². The standard InChI is InChI=1S/C17H15ClN2O2S2/c1-12-2-3-15(9-16(12)18)24(21,22)20-10-13-4-6-19-17(8-13)14-5-7-23-11-14/h2-9,11,20H,10H2,1H3. The molecule has 124 valence electrons. The van der Waals surface area contributed by atoms with Gasteiger partial charge in [0.25, 0.3) is 0 Å². The molecule has 0 amide bonds. The van der Waals surface area contributed by atoms with Crippen LogP contribution >= 0.6 is 22.9 Å². The number of hydrogen-bond acceptors (Lipinski definition) is 4. The van der Waals surface area contributed by atoms with E-state index in [1.54, 1.807) is 35.7 Å². The highest BCUT2D eigenvalue weighted by Gasteiger charge is 2.15. The van der Waals surface area contributed by atoms with Gasteiger partial charge in [-0.1, -0.05) is 17.7 Å². The van der Waals surface area contributed by atoms with Crippen molar-refractivity contribution < 1.29 is 8.42 Å². The molecule has 1 aromatic carbocycles. The van der Waals surface area contributed by atoms with Crippen molar-refractivity contribution in [2.45, 2.75) is 18.4 Å². The molecule has 0 saturated heterocycles. The van der Waals surface area contributed by atoms with Gasteiger partial charge in [0.2, 0.25) is 10.0 Å². The maximum atomic E-state index is 12.4. The van der Waals surface area contributed by atoms with Gasteiger partial charge in [-0.15, -0.1) is 0 Å². The molecule has 0 fully saturated rings. The number of halogens is 1. The highest BCUT2D eigenvalue weighted by Crippen LogP contribution is 2.22. The van der Waals surface area contributed by atoms with Gasteiger partial charge < -0.3 is 0 Å². The number of nitrogens with one attached hydrogen (secondary N) is 1. The summed E-state index contributed by atoms with van der Waals surface area (Å²) in [7, 11) is -3.62. The lowest BCUT2D eigenvalue weighted by atomic mass is 10.1. The fraction of sp³-hybridized carbons (Fsp3) is 0.118. The van der Waals surface area contributed by atoms with E-state index in [0.717, 1.165) is 22.4 Å². The Bertz CT molecular complexity index is 954. The SMILES string of the molecule is Cc1ccc(S(=O)(=O)NCc2ccnc(-c3ccsc3)c2)cc1Cl. The number of pyridine rings is 1. The quantitative estimate of drug-likeness (QED) is 0.722. The number of nitrogens with zero attached hydrogens (tertiary/aromatic N) is 1. The van der Waals surface area contributed by atoms with Gasteiger partial charge in [0.15, 0.2) is 0 Å². The lowest BCUT2D eigenvalue weighted by molar-refractivity contribution is 0.581. The van der Waals surface area contributed by atoms with E-state index in [2.05, 4.69) is 9.71 Å². The van der Waals surface area contributed by atoms with E-state index in [9.17, 15) is 8.42 Å². The van der Waals surface area contributed by atoms with Crippen molar-refractivity contribution in [1.82, 2.24) is 9.71 Å². The van der Waals surface area contributed by atoms with Crippen molar-refractivity contribution in [3.8, 4) is 11.3 Å². The van der Waals surface area contributed by atoms with E-state index < -0.39 is 10.0 Å². The Kier molecular flexibility index (Phi) is 5.01. The highest BCUT2D eigenvalue weighted by molar-refractivity contribution is 7.89. The van der Waals surface area contributed by atoms with Gasteiger partial charge >= 0.3 is 0 Å². The molecule has 3 rings (SSSR count). The van der Waals surface area contributed by atoms with E-state index in [-0.39, 0.29) is 11.4 Å². The van der Waals surface area contributed by atoms with Crippen molar-refractivity contribution in [1.29, 1.82) is 0 Å². The lowest BCUT2D eigenvalue weighted by Gasteiger charge is -2.09. The first-order chi connectivity index (χ1) is 11.5. The fourth-order valence-electron chi connectivity index (χ4n) is 2.15. The molecule has 3 aromatic rings. The van der Waals surface area contributed by atoms with Gasteiger partial charge in [-0.2, -0.15) is 11.3 Å². The van der Waals surface area contributed by atoms with Crippen molar-refractivity contribution in [2.24, 2.45) is 0 Å². The van der Waals surface area contributed by atoms with Crippen LogP contribution in [0.2, 0.25) is 5.02 Å². The number of hydrogen-bond donors (Lipinski definition) is 1. The fourth-order valence-corrected chi connectivity index (χ4v) is 4.09. The summed E-state index contributed by atoms with van der Waals surface area (Å²) in [5, 5.41) is 4.42. The minimum absolute atomic E-state index is 0.158. The summed E-state index contributed by atoms with van der Waals surface area (Å²) < 4.78 is 27.4. The lowest BCUT2D eigenvalue weighted by Crippen LogP contribution is -2.23. The van der Waals surface area contributed by atoms with Gasteiger partial charge in [-0.3, -0.25) is 4.98 Å². The summed E-state index contributed by atoms with van der Waals surface area (Å²) in [5.41, 5.74) is 3.53. The molecule has 0 aliphatic carbocycles. The van der Waals surface area contributed by atoms with Crippen molar-refractivity contribution in [2.75, 3.05) is 0 Å². The number of sulfonamides is 1. The average molecular weight is 379 g/mol. The van der Waals surface area contributed by atoms with Gasteiger partial charge in [0, 0.05) is 28.7 Å². The third-order valence-corrected chi connectivity index (χ3v) is 6.05. The second-order valence-corrected chi connectivity index (χ2v) is 8.25. The average Bonchev–Trinajstić information content (AvgIpc) is 3.10. The Labute approximate surface area is 150 Å². The summed E-state index contributed by atoms with van der Waals surface area (Å²) in [5.74, 6) is 0. The van der Waals surface area contributed by atoms with Gasteiger partial charge in [-0.05, 0) is 53.8 Å². The third kappa shape index (κ3) is 3.84. The maximum Gasteiger partial charge on any atom is 0.240 e. The first kappa shape index (κ1) is 17.1. The highest BCUT2D eigenvalue weighted by atomic mass is 35.5. The molecule has 0 bridgehead atoms. The van der Waals surface area contributed by atoms with Crippen molar-refractivity contribution in [3.63, 3.8) is 0 Å². The third-order valence-electron chi connectivity index (χ3n) is 3.56. The van der Waals surface area contributed by atoms with E-state index in [1.165, 1.54) is 6.07 Å².